The van der Waals surface area contributed by atoms with Crippen LogP contribution in [0, 0.1) is 5.82 Å². The third kappa shape index (κ3) is 2.76. The largest absolute Gasteiger partial charge is 0.396 e. The minimum absolute atomic E-state index is 0.223. The molecule has 0 bridgehead atoms. The Balaban J connectivity index is 2.11. The van der Waals surface area contributed by atoms with Crippen LogP contribution < -0.4 is 5.73 Å². The molecule has 2 atom stereocenters. The number of halogens is 1. The molecule has 17 heavy (non-hydrogen) atoms. The van der Waals surface area contributed by atoms with Crippen molar-refractivity contribution < 1.29 is 9.13 Å². The lowest BCUT2D eigenvalue weighted by Crippen LogP contribution is -2.46. The molecule has 2 rings (SSSR count). The Labute approximate surface area is 101 Å². The number of para-hydroxylation sites is 1. The number of morpholine rings is 1. The summed E-state index contributed by atoms with van der Waals surface area (Å²) in [4.78, 5) is 2.28. The fourth-order valence-electron chi connectivity index (χ4n) is 2.13. The molecule has 0 saturated carbocycles. The quantitative estimate of drug-likeness (QED) is 0.801. The van der Waals surface area contributed by atoms with Gasteiger partial charge in [0.1, 0.15) is 5.82 Å². The van der Waals surface area contributed by atoms with E-state index in [1.165, 1.54) is 6.07 Å². The first-order valence-electron chi connectivity index (χ1n) is 5.96. The smallest absolute Gasteiger partial charge is 0.146 e. The zero-order valence-corrected chi connectivity index (χ0v) is 10.3. The zero-order chi connectivity index (χ0) is 12.4. The maximum atomic E-state index is 13.3. The molecule has 1 aliphatic heterocycles. The number of nitrogen functional groups attached to an aromatic ring is 1. The molecule has 0 amide bonds. The second-order valence-electron chi connectivity index (χ2n) is 4.74. The van der Waals surface area contributed by atoms with Gasteiger partial charge in [-0.05, 0) is 25.5 Å². The van der Waals surface area contributed by atoms with Crippen LogP contribution in [-0.4, -0.2) is 30.2 Å². The number of anilines is 1. The van der Waals surface area contributed by atoms with Gasteiger partial charge in [-0.2, -0.15) is 0 Å². The summed E-state index contributed by atoms with van der Waals surface area (Å²) in [7, 11) is 0. The van der Waals surface area contributed by atoms with E-state index in [0.717, 1.165) is 18.7 Å². The van der Waals surface area contributed by atoms with Crippen molar-refractivity contribution in [1.82, 2.24) is 4.90 Å². The van der Waals surface area contributed by atoms with Crippen molar-refractivity contribution in [2.45, 2.75) is 32.5 Å². The Morgan fingerprint density at radius 2 is 2.24 bits per heavy atom. The number of rotatable bonds is 2. The molecule has 1 aromatic rings. The predicted molar refractivity (Wildman–Crippen MR) is 66.1 cm³/mol. The number of hydrogen-bond acceptors (Lipinski definition) is 3. The molecular weight excluding hydrogens is 219 g/mol. The normalized spacial score (nSPS) is 26.1. The highest BCUT2D eigenvalue weighted by Crippen LogP contribution is 2.21. The van der Waals surface area contributed by atoms with Crippen LogP contribution in [0.4, 0.5) is 10.1 Å². The van der Waals surface area contributed by atoms with E-state index in [-0.39, 0.29) is 17.6 Å². The van der Waals surface area contributed by atoms with Crippen LogP contribution in [0.25, 0.3) is 0 Å². The minimum Gasteiger partial charge on any atom is -0.396 e. The van der Waals surface area contributed by atoms with Gasteiger partial charge >= 0.3 is 0 Å². The van der Waals surface area contributed by atoms with E-state index >= 15 is 0 Å². The average molecular weight is 238 g/mol. The van der Waals surface area contributed by atoms with Gasteiger partial charge < -0.3 is 10.5 Å². The predicted octanol–water partition coefficient (Wildman–Crippen LogP) is 2.02. The zero-order valence-electron chi connectivity index (χ0n) is 10.3. The van der Waals surface area contributed by atoms with Crippen molar-refractivity contribution in [3.8, 4) is 0 Å². The van der Waals surface area contributed by atoms with Crippen molar-refractivity contribution in [1.29, 1.82) is 0 Å². The molecule has 2 unspecified atom stereocenters. The Bertz CT molecular complexity index is 397. The van der Waals surface area contributed by atoms with Gasteiger partial charge in [-0.3, -0.25) is 4.90 Å². The second-order valence-corrected chi connectivity index (χ2v) is 4.74. The number of ether oxygens (including phenoxy) is 1. The van der Waals surface area contributed by atoms with Crippen LogP contribution in [0.3, 0.4) is 0 Å². The number of nitrogens with two attached hydrogens (primary N) is 1. The highest BCUT2D eigenvalue weighted by atomic mass is 19.1. The van der Waals surface area contributed by atoms with Crippen LogP contribution in [0.15, 0.2) is 18.2 Å². The third-order valence-corrected chi connectivity index (χ3v) is 3.25. The van der Waals surface area contributed by atoms with Crippen LogP contribution in [-0.2, 0) is 11.3 Å². The molecule has 1 saturated heterocycles. The molecule has 94 valence electrons. The Kier molecular flexibility index (Phi) is 3.64. The van der Waals surface area contributed by atoms with Gasteiger partial charge in [0.15, 0.2) is 0 Å². The molecule has 1 fully saturated rings. The monoisotopic (exact) mass is 238 g/mol. The summed E-state index contributed by atoms with van der Waals surface area (Å²) in [6.45, 7) is 6.42. The van der Waals surface area contributed by atoms with E-state index < -0.39 is 0 Å². The van der Waals surface area contributed by atoms with Crippen molar-refractivity contribution >= 4 is 5.69 Å². The number of hydrogen-bond donors (Lipinski definition) is 1. The van der Waals surface area contributed by atoms with Crippen LogP contribution in [0.1, 0.15) is 19.4 Å². The van der Waals surface area contributed by atoms with Crippen molar-refractivity contribution in [3.63, 3.8) is 0 Å². The standard InChI is InChI=1S/C13H19FN2O/c1-9-8-17-10(2)6-16(9)7-11-4-3-5-12(14)13(11)15/h3-5,9-10H,6-8,15H2,1-2H3. The molecule has 0 spiro atoms. The van der Waals surface area contributed by atoms with Gasteiger partial charge in [0, 0.05) is 19.1 Å². The van der Waals surface area contributed by atoms with Crippen LogP contribution >= 0.6 is 0 Å². The lowest BCUT2D eigenvalue weighted by atomic mass is 10.1. The van der Waals surface area contributed by atoms with Crippen molar-refractivity contribution in [3.05, 3.63) is 29.6 Å². The Hall–Kier alpha value is -1.13. The summed E-state index contributed by atoms with van der Waals surface area (Å²) >= 11 is 0. The van der Waals surface area contributed by atoms with Crippen LogP contribution in [0.5, 0.6) is 0 Å². The third-order valence-electron chi connectivity index (χ3n) is 3.25. The SMILES string of the molecule is CC1CN(Cc2cccc(F)c2N)C(C)CO1. The van der Waals surface area contributed by atoms with Gasteiger partial charge in [0.25, 0.3) is 0 Å². The summed E-state index contributed by atoms with van der Waals surface area (Å²) in [6, 6.07) is 5.32. The summed E-state index contributed by atoms with van der Waals surface area (Å²) in [6.07, 6.45) is 0.223. The Morgan fingerprint density at radius 3 is 3.00 bits per heavy atom. The summed E-state index contributed by atoms with van der Waals surface area (Å²) in [5, 5.41) is 0. The number of nitrogens with zero attached hydrogens (tertiary/aromatic N) is 1. The van der Waals surface area contributed by atoms with Gasteiger partial charge in [-0.15, -0.1) is 0 Å². The minimum atomic E-state index is -0.337. The molecule has 1 heterocycles. The topological polar surface area (TPSA) is 38.5 Å². The van der Waals surface area contributed by atoms with E-state index in [2.05, 4.69) is 11.8 Å². The van der Waals surface area contributed by atoms with Gasteiger partial charge in [0.05, 0.1) is 18.4 Å². The fraction of sp³-hybridized carbons (Fsp3) is 0.538. The molecule has 4 heteroatoms. The fourth-order valence-corrected chi connectivity index (χ4v) is 2.13. The molecule has 0 aromatic heterocycles. The van der Waals surface area contributed by atoms with E-state index in [0.29, 0.717) is 12.6 Å². The van der Waals surface area contributed by atoms with E-state index in [1.54, 1.807) is 6.07 Å². The van der Waals surface area contributed by atoms with E-state index in [4.69, 9.17) is 10.5 Å². The van der Waals surface area contributed by atoms with Crippen molar-refractivity contribution in [2.24, 2.45) is 0 Å². The average Bonchev–Trinajstić information content (AvgIpc) is 2.30. The maximum absolute atomic E-state index is 13.3. The highest BCUT2D eigenvalue weighted by Gasteiger charge is 2.24. The first-order chi connectivity index (χ1) is 8.08. The molecular formula is C13H19FN2O. The van der Waals surface area contributed by atoms with Gasteiger partial charge in [-0.1, -0.05) is 12.1 Å². The molecule has 1 aliphatic rings. The summed E-state index contributed by atoms with van der Waals surface area (Å²) in [5.74, 6) is -0.337. The van der Waals surface area contributed by atoms with Gasteiger partial charge in [-0.25, -0.2) is 4.39 Å². The lowest BCUT2D eigenvalue weighted by Gasteiger charge is -2.37. The van der Waals surface area contributed by atoms with Crippen LogP contribution in [0.2, 0.25) is 0 Å². The Morgan fingerprint density at radius 1 is 1.47 bits per heavy atom. The van der Waals surface area contributed by atoms with Crippen molar-refractivity contribution in [2.75, 3.05) is 18.9 Å². The summed E-state index contributed by atoms with van der Waals surface area (Å²) < 4.78 is 18.9. The maximum Gasteiger partial charge on any atom is 0.146 e. The molecule has 3 nitrogen and oxygen atoms in total. The molecule has 0 aliphatic carbocycles. The molecule has 0 radical (unpaired) electrons. The molecule has 2 N–H and O–H groups in total. The molecule has 1 aromatic carbocycles. The highest BCUT2D eigenvalue weighted by molar-refractivity contribution is 5.47. The summed E-state index contributed by atoms with van der Waals surface area (Å²) in [5.41, 5.74) is 6.86. The second kappa shape index (κ2) is 5.02. The first-order valence-corrected chi connectivity index (χ1v) is 5.96. The number of benzene rings is 1. The first kappa shape index (κ1) is 12.3. The lowest BCUT2D eigenvalue weighted by molar-refractivity contribution is -0.0526. The van der Waals surface area contributed by atoms with Gasteiger partial charge in [0.2, 0.25) is 0 Å². The van der Waals surface area contributed by atoms with E-state index in [9.17, 15) is 4.39 Å². The van der Waals surface area contributed by atoms with E-state index in [1.807, 2.05) is 13.0 Å².